The molecule has 2 unspecified atom stereocenters. The molecule has 2 atom stereocenters. The highest BCUT2D eigenvalue weighted by Crippen LogP contribution is 2.32. The summed E-state index contributed by atoms with van der Waals surface area (Å²) in [5.41, 5.74) is 3.77. The van der Waals surface area contributed by atoms with Crippen LogP contribution in [0.4, 0.5) is 0 Å². The van der Waals surface area contributed by atoms with E-state index in [4.69, 9.17) is 0 Å². The zero-order valence-electron chi connectivity index (χ0n) is 12.6. The first kappa shape index (κ1) is 14.5. The molecule has 1 aromatic carbocycles. The van der Waals surface area contributed by atoms with E-state index in [1.807, 2.05) is 0 Å². The van der Waals surface area contributed by atoms with E-state index in [0.29, 0.717) is 11.8 Å². The Hall–Kier alpha value is -0.860. The molecule has 1 aliphatic heterocycles. The van der Waals surface area contributed by atoms with E-state index in [2.05, 4.69) is 51.2 Å². The van der Waals surface area contributed by atoms with Gasteiger partial charge in [-0.05, 0) is 47.9 Å². The van der Waals surface area contributed by atoms with E-state index < -0.39 is 0 Å². The third-order valence-electron chi connectivity index (χ3n) is 4.20. The summed E-state index contributed by atoms with van der Waals surface area (Å²) in [6.07, 6.45) is 1.87. The lowest BCUT2D eigenvalue weighted by molar-refractivity contribution is 0.136. The molecular weight excluding hydrogens is 234 g/mol. The van der Waals surface area contributed by atoms with Crippen LogP contribution in [0, 0.1) is 0 Å². The van der Waals surface area contributed by atoms with Crippen LogP contribution in [-0.2, 0) is 0 Å². The predicted molar refractivity (Wildman–Crippen MR) is 80.6 cm³/mol. The molecule has 0 radical (unpaired) electrons. The number of hydrogen-bond acceptors (Lipinski definition) is 2. The molecular formula is C17H27NO. The van der Waals surface area contributed by atoms with Crippen LogP contribution in [0.3, 0.4) is 0 Å². The SMILES string of the molecule is CC(C)c1ccc(C(O)C2CCCN2)c(C(C)C)c1. The highest BCUT2D eigenvalue weighted by Gasteiger charge is 2.26. The summed E-state index contributed by atoms with van der Waals surface area (Å²) < 4.78 is 0. The van der Waals surface area contributed by atoms with E-state index in [9.17, 15) is 5.11 Å². The van der Waals surface area contributed by atoms with Crippen LogP contribution in [-0.4, -0.2) is 17.7 Å². The Balaban J connectivity index is 2.32. The third-order valence-corrected chi connectivity index (χ3v) is 4.20. The third kappa shape index (κ3) is 3.18. The molecule has 2 nitrogen and oxygen atoms in total. The van der Waals surface area contributed by atoms with Gasteiger partial charge in [-0.25, -0.2) is 0 Å². The monoisotopic (exact) mass is 261 g/mol. The summed E-state index contributed by atoms with van der Waals surface area (Å²) in [6, 6.07) is 6.81. The Kier molecular flexibility index (Phi) is 4.64. The zero-order chi connectivity index (χ0) is 14.0. The van der Waals surface area contributed by atoms with Gasteiger partial charge in [0.15, 0.2) is 0 Å². The molecule has 0 aliphatic carbocycles. The van der Waals surface area contributed by atoms with Crippen molar-refractivity contribution in [2.75, 3.05) is 6.54 Å². The zero-order valence-corrected chi connectivity index (χ0v) is 12.6. The van der Waals surface area contributed by atoms with E-state index in [0.717, 1.165) is 18.5 Å². The van der Waals surface area contributed by atoms with Crippen molar-refractivity contribution in [3.05, 3.63) is 34.9 Å². The van der Waals surface area contributed by atoms with Crippen LogP contribution in [0.5, 0.6) is 0 Å². The van der Waals surface area contributed by atoms with E-state index in [1.54, 1.807) is 0 Å². The minimum absolute atomic E-state index is 0.224. The van der Waals surface area contributed by atoms with Crippen molar-refractivity contribution >= 4 is 0 Å². The van der Waals surface area contributed by atoms with Crippen molar-refractivity contribution in [2.24, 2.45) is 0 Å². The van der Waals surface area contributed by atoms with Gasteiger partial charge in [0, 0.05) is 6.04 Å². The van der Waals surface area contributed by atoms with E-state index in [1.165, 1.54) is 17.5 Å². The molecule has 19 heavy (non-hydrogen) atoms. The number of hydrogen-bond donors (Lipinski definition) is 2. The number of nitrogens with one attached hydrogen (secondary N) is 1. The molecule has 106 valence electrons. The van der Waals surface area contributed by atoms with Crippen LogP contribution in [0.2, 0.25) is 0 Å². The highest BCUT2D eigenvalue weighted by molar-refractivity contribution is 5.37. The van der Waals surface area contributed by atoms with Gasteiger partial charge in [0.05, 0.1) is 6.10 Å². The first-order valence-corrected chi connectivity index (χ1v) is 7.56. The smallest absolute Gasteiger partial charge is 0.0945 e. The quantitative estimate of drug-likeness (QED) is 0.866. The first-order valence-electron chi connectivity index (χ1n) is 7.56. The molecule has 2 rings (SSSR count). The fraction of sp³-hybridized carbons (Fsp3) is 0.647. The summed E-state index contributed by atoms with van der Waals surface area (Å²) in [4.78, 5) is 0. The Morgan fingerprint density at radius 3 is 2.37 bits per heavy atom. The molecule has 0 spiro atoms. The maximum Gasteiger partial charge on any atom is 0.0945 e. The first-order chi connectivity index (χ1) is 9.00. The summed E-state index contributed by atoms with van der Waals surface area (Å²) in [6.45, 7) is 9.88. The lowest BCUT2D eigenvalue weighted by Crippen LogP contribution is -2.29. The number of aliphatic hydroxyl groups is 1. The molecule has 1 fully saturated rings. The van der Waals surface area contributed by atoms with Crippen molar-refractivity contribution in [3.63, 3.8) is 0 Å². The molecule has 2 heteroatoms. The van der Waals surface area contributed by atoms with Crippen LogP contribution >= 0.6 is 0 Å². The summed E-state index contributed by atoms with van der Waals surface area (Å²) in [5.74, 6) is 0.984. The Bertz CT molecular complexity index is 419. The molecule has 0 amide bonds. The lowest BCUT2D eigenvalue weighted by Gasteiger charge is -2.24. The highest BCUT2D eigenvalue weighted by atomic mass is 16.3. The molecule has 0 aromatic heterocycles. The van der Waals surface area contributed by atoms with E-state index in [-0.39, 0.29) is 12.1 Å². The number of aliphatic hydroxyl groups excluding tert-OH is 1. The Morgan fingerprint density at radius 1 is 1.11 bits per heavy atom. The number of benzene rings is 1. The standard InChI is InChI=1S/C17H27NO/c1-11(2)13-7-8-14(15(10-13)12(3)4)17(19)16-6-5-9-18-16/h7-8,10-12,16-19H,5-6,9H2,1-4H3. The van der Waals surface area contributed by atoms with Gasteiger partial charge in [-0.1, -0.05) is 45.9 Å². The fourth-order valence-electron chi connectivity index (χ4n) is 2.92. The van der Waals surface area contributed by atoms with Crippen molar-refractivity contribution in [1.29, 1.82) is 0 Å². The van der Waals surface area contributed by atoms with Gasteiger partial charge in [0.1, 0.15) is 0 Å². The Morgan fingerprint density at radius 2 is 1.84 bits per heavy atom. The summed E-state index contributed by atoms with van der Waals surface area (Å²) in [5, 5.41) is 14.0. The van der Waals surface area contributed by atoms with Crippen LogP contribution in [0.1, 0.15) is 75.2 Å². The van der Waals surface area contributed by atoms with Crippen LogP contribution in [0.15, 0.2) is 18.2 Å². The van der Waals surface area contributed by atoms with Gasteiger partial charge in [0.25, 0.3) is 0 Å². The summed E-state index contributed by atoms with van der Waals surface area (Å²) in [7, 11) is 0. The molecule has 2 N–H and O–H groups in total. The molecule has 1 aliphatic rings. The minimum Gasteiger partial charge on any atom is -0.387 e. The lowest BCUT2D eigenvalue weighted by atomic mass is 9.87. The van der Waals surface area contributed by atoms with E-state index >= 15 is 0 Å². The fourth-order valence-corrected chi connectivity index (χ4v) is 2.92. The largest absolute Gasteiger partial charge is 0.387 e. The summed E-state index contributed by atoms with van der Waals surface area (Å²) >= 11 is 0. The van der Waals surface area contributed by atoms with Gasteiger partial charge in [0.2, 0.25) is 0 Å². The van der Waals surface area contributed by atoms with Gasteiger partial charge in [-0.15, -0.1) is 0 Å². The maximum absolute atomic E-state index is 10.6. The molecule has 1 heterocycles. The molecule has 0 saturated carbocycles. The number of rotatable bonds is 4. The second kappa shape index (κ2) is 6.06. The normalized spacial score (nSPS) is 21.3. The van der Waals surface area contributed by atoms with Crippen LogP contribution < -0.4 is 5.32 Å². The van der Waals surface area contributed by atoms with Gasteiger partial charge in [-0.3, -0.25) is 0 Å². The van der Waals surface area contributed by atoms with Crippen molar-refractivity contribution in [1.82, 2.24) is 5.32 Å². The second-order valence-electron chi connectivity index (χ2n) is 6.35. The predicted octanol–water partition coefficient (Wildman–Crippen LogP) is 3.72. The average Bonchev–Trinajstić information content (AvgIpc) is 2.90. The van der Waals surface area contributed by atoms with Gasteiger partial charge < -0.3 is 10.4 Å². The Labute approximate surface area is 117 Å². The topological polar surface area (TPSA) is 32.3 Å². The maximum atomic E-state index is 10.6. The van der Waals surface area contributed by atoms with Gasteiger partial charge >= 0.3 is 0 Å². The molecule has 1 aromatic rings. The minimum atomic E-state index is -0.374. The van der Waals surface area contributed by atoms with Crippen molar-refractivity contribution in [2.45, 2.75) is 64.5 Å². The second-order valence-corrected chi connectivity index (χ2v) is 6.35. The van der Waals surface area contributed by atoms with Gasteiger partial charge in [-0.2, -0.15) is 0 Å². The molecule has 0 bridgehead atoms. The van der Waals surface area contributed by atoms with Crippen LogP contribution in [0.25, 0.3) is 0 Å². The van der Waals surface area contributed by atoms with Crippen molar-refractivity contribution < 1.29 is 5.11 Å². The molecule has 1 saturated heterocycles. The van der Waals surface area contributed by atoms with Crippen molar-refractivity contribution in [3.8, 4) is 0 Å². The average molecular weight is 261 g/mol.